The zero-order valence-corrected chi connectivity index (χ0v) is 11.0. The number of hydrogen-bond acceptors (Lipinski definition) is 3. The van der Waals surface area contributed by atoms with Gasteiger partial charge in [-0.2, -0.15) is 0 Å². The van der Waals surface area contributed by atoms with Crippen molar-refractivity contribution >= 4 is 28.2 Å². The number of pyridine rings is 1. The van der Waals surface area contributed by atoms with Crippen LogP contribution in [0.2, 0.25) is 5.15 Å². The third-order valence-corrected chi connectivity index (χ3v) is 3.54. The molecule has 1 N–H and O–H groups in total. The first-order valence-corrected chi connectivity index (χ1v) is 6.73. The van der Waals surface area contributed by atoms with Gasteiger partial charge in [-0.05, 0) is 25.1 Å². The van der Waals surface area contributed by atoms with Crippen LogP contribution in [-0.4, -0.2) is 31.2 Å². The molecule has 2 aromatic rings. The molecule has 1 fully saturated rings. The summed E-state index contributed by atoms with van der Waals surface area (Å²) in [5, 5.41) is 5.17. The van der Waals surface area contributed by atoms with Crippen LogP contribution in [0.4, 0.5) is 5.69 Å². The van der Waals surface area contributed by atoms with Crippen molar-refractivity contribution in [1.29, 1.82) is 0 Å². The summed E-state index contributed by atoms with van der Waals surface area (Å²) in [6.45, 7) is 4.20. The third kappa shape index (κ3) is 2.28. The summed E-state index contributed by atoms with van der Waals surface area (Å²) in [5.74, 6) is 0. The Hall–Kier alpha value is -1.32. The number of anilines is 1. The fraction of sp³-hybridized carbons (Fsp3) is 0.357. The Kier molecular flexibility index (Phi) is 3.35. The molecule has 0 unspecified atom stereocenters. The lowest BCUT2D eigenvalue weighted by atomic mass is 10.1. The van der Waals surface area contributed by atoms with Crippen LogP contribution < -0.4 is 10.2 Å². The molecule has 0 bridgehead atoms. The molecule has 0 atom stereocenters. The fourth-order valence-electron chi connectivity index (χ4n) is 2.47. The van der Waals surface area contributed by atoms with Crippen molar-refractivity contribution < 1.29 is 0 Å². The Morgan fingerprint density at radius 3 is 3.00 bits per heavy atom. The number of rotatable bonds is 1. The Morgan fingerprint density at radius 2 is 2.06 bits per heavy atom. The van der Waals surface area contributed by atoms with Crippen LogP contribution in [-0.2, 0) is 0 Å². The number of hydrogen-bond donors (Lipinski definition) is 1. The largest absolute Gasteiger partial charge is 0.370 e. The Balaban J connectivity index is 2.08. The van der Waals surface area contributed by atoms with Crippen LogP contribution in [0.3, 0.4) is 0 Å². The molecule has 3 rings (SSSR count). The highest BCUT2D eigenvalue weighted by molar-refractivity contribution is 6.30. The molecule has 3 nitrogen and oxygen atoms in total. The van der Waals surface area contributed by atoms with Gasteiger partial charge < -0.3 is 10.2 Å². The van der Waals surface area contributed by atoms with E-state index in [1.165, 1.54) is 11.1 Å². The van der Waals surface area contributed by atoms with Gasteiger partial charge in [-0.25, -0.2) is 4.98 Å². The zero-order chi connectivity index (χ0) is 12.4. The molecule has 1 saturated heterocycles. The van der Waals surface area contributed by atoms with E-state index < -0.39 is 0 Å². The summed E-state index contributed by atoms with van der Waals surface area (Å²) in [7, 11) is 0. The molecular weight excluding hydrogens is 246 g/mol. The predicted molar refractivity (Wildman–Crippen MR) is 76.5 cm³/mol. The Labute approximate surface area is 112 Å². The lowest BCUT2D eigenvalue weighted by Gasteiger charge is -2.24. The van der Waals surface area contributed by atoms with E-state index in [1.807, 2.05) is 18.2 Å². The number of fused-ring (bicyclic) bond motifs is 1. The maximum absolute atomic E-state index is 6.13. The van der Waals surface area contributed by atoms with Gasteiger partial charge in [-0.15, -0.1) is 0 Å². The Bertz CT molecular complexity index is 548. The van der Waals surface area contributed by atoms with Crippen molar-refractivity contribution in [2.75, 3.05) is 31.1 Å². The second kappa shape index (κ2) is 5.12. The molecule has 0 radical (unpaired) electrons. The molecule has 2 heterocycles. The molecule has 0 amide bonds. The second-order valence-electron chi connectivity index (χ2n) is 4.57. The summed E-state index contributed by atoms with van der Waals surface area (Å²) >= 11 is 6.13. The van der Waals surface area contributed by atoms with Gasteiger partial charge in [0, 0.05) is 30.7 Å². The predicted octanol–water partition coefficient (Wildman–Crippen LogP) is 2.69. The molecule has 1 aromatic carbocycles. The van der Waals surface area contributed by atoms with Crippen molar-refractivity contribution in [3.8, 4) is 0 Å². The van der Waals surface area contributed by atoms with Gasteiger partial charge in [-0.1, -0.05) is 29.8 Å². The van der Waals surface area contributed by atoms with E-state index in [0.717, 1.165) is 38.1 Å². The van der Waals surface area contributed by atoms with E-state index in [4.69, 9.17) is 11.6 Å². The highest BCUT2D eigenvalue weighted by Crippen LogP contribution is 2.28. The fourth-order valence-corrected chi connectivity index (χ4v) is 2.67. The van der Waals surface area contributed by atoms with Gasteiger partial charge in [0.25, 0.3) is 0 Å². The normalized spacial score (nSPS) is 16.8. The van der Waals surface area contributed by atoms with Crippen molar-refractivity contribution in [3.63, 3.8) is 0 Å². The molecule has 0 saturated carbocycles. The maximum atomic E-state index is 6.13. The van der Waals surface area contributed by atoms with Gasteiger partial charge in [0.05, 0.1) is 5.52 Å². The van der Waals surface area contributed by atoms with E-state index in [2.05, 4.69) is 27.3 Å². The topological polar surface area (TPSA) is 28.2 Å². The standard InChI is InChI=1S/C14H16ClN3/c15-14-10-13(18-8-3-6-16-7-9-18)11-4-1-2-5-12(11)17-14/h1-2,4-5,10,16H,3,6-9H2. The minimum Gasteiger partial charge on any atom is -0.370 e. The second-order valence-corrected chi connectivity index (χ2v) is 4.96. The number of aromatic nitrogens is 1. The molecule has 1 aromatic heterocycles. The number of para-hydroxylation sites is 1. The molecule has 1 aliphatic rings. The number of nitrogens with one attached hydrogen (secondary N) is 1. The van der Waals surface area contributed by atoms with Gasteiger partial charge >= 0.3 is 0 Å². The summed E-state index contributed by atoms with van der Waals surface area (Å²) < 4.78 is 0. The van der Waals surface area contributed by atoms with Crippen LogP contribution in [0.15, 0.2) is 30.3 Å². The van der Waals surface area contributed by atoms with Gasteiger partial charge in [0.15, 0.2) is 0 Å². The van der Waals surface area contributed by atoms with Crippen LogP contribution in [0.5, 0.6) is 0 Å². The van der Waals surface area contributed by atoms with Crippen molar-refractivity contribution in [2.45, 2.75) is 6.42 Å². The average molecular weight is 262 g/mol. The number of nitrogens with zero attached hydrogens (tertiary/aromatic N) is 2. The van der Waals surface area contributed by atoms with Gasteiger partial charge in [0.2, 0.25) is 0 Å². The highest BCUT2D eigenvalue weighted by Gasteiger charge is 2.13. The third-order valence-electron chi connectivity index (χ3n) is 3.34. The summed E-state index contributed by atoms with van der Waals surface area (Å²) in [5.41, 5.74) is 2.17. The van der Waals surface area contributed by atoms with E-state index >= 15 is 0 Å². The summed E-state index contributed by atoms with van der Waals surface area (Å²) in [4.78, 5) is 6.78. The van der Waals surface area contributed by atoms with Gasteiger partial charge in [-0.3, -0.25) is 0 Å². The maximum Gasteiger partial charge on any atom is 0.131 e. The van der Waals surface area contributed by atoms with Crippen LogP contribution in [0.25, 0.3) is 10.9 Å². The molecule has 4 heteroatoms. The van der Waals surface area contributed by atoms with E-state index in [1.54, 1.807) is 0 Å². The average Bonchev–Trinajstić information content (AvgIpc) is 2.66. The molecule has 0 aliphatic carbocycles. The highest BCUT2D eigenvalue weighted by atomic mass is 35.5. The Morgan fingerprint density at radius 1 is 1.17 bits per heavy atom. The van der Waals surface area contributed by atoms with Crippen molar-refractivity contribution in [3.05, 3.63) is 35.5 Å². The lowest BCUT2D eigenvalue weighted by Crippen LogP contribution is -2.28. The number of benzene rings is 1. The van der Waals surface area contributed by atoms with Crippen LogP contribution in [0.1, 0.15) is 6.42 Å². The molecule has 0 spiro atoms. The molecule has 1 aliphatic heterocycles. The first-order chi connectivity index (χ1) is 8.84. The van der Waals surface area contributed by atoms with Crippen molar-refractivity contribution in [1.82, 2.24) is 10.3 Å². The number of halogens is 1. The van der Waals surface area contributed by atoms with Gasteiger partial charge in [0.1, 0.15) is 5.15 Å². The van der Waals surface area contributed by atoms with E-state index in [-0.39, 0.29) is 0 Å². The molecule has 18 heavy (non-hydrogen) atoms. The molecular formula is C14H16ClN3. The van der Waals surface area contributed by atoms with E-state index in [0.29, 0.717) is 5.15 Å². The van der Waals surface area contributed by atoms with E-state index in [9.17, 15) is 0 Å². The minimum atomic E-state index is 0.570. The minimum absolute atomic E-state index is 0.570. The monoisotopic (exact) mass is 261 g/mol. The summed E-state index contributed by atoms with van der Waals surface area (Å²) in [6.07, 6.45) is 1.16. The lowest BCUT2D eigenvalue weighted by molar-refractivity contribution is 0.724. The quantitative estimate of drug-likeness (QED) is 0.800. The van der Waals surface area contributed by atoms with Crippen LogP contribution in [0, 0.1) is 0 Å². The zero-order valence-electron chi connectivity index (χ0n) is 10.2. The first kappa shape index (κ1) is 11.8. The van der Waals surface area contributed by atoms with Crippen LogP contribution >= 0.6 is 11.6 Å². The molecule has 94 valence electrons. The summed E-state index contributed by atoms with van der Waals surface area (Å²) in [6, 6.07) is 10.2. The smallest absolute Gasteiger partial charge is 0.131 e. The first-order valence-electron chi connectivity index (χ1n) is 6.35. The van der Waals surface area contributed by atoms with Crippen molar-refractivity contribution in [2.24, 2.45) is 0 Å². The SMILES string of the molecule is Clc1cc(N2CCCNCC2)c2ccccc2n1.